The van der Waals surface area contributed by atoms with Crippen molar-refractivity contribution < 1.29 is 38.4 Å². The third-order valence-corrected chi connectivity index (χ3v) is 3.80. The van der Waals surface area contributed by atoms with Gasteiger partial charge in [-0.05, 0) is 0 Å². The van der Waals surface area contributed by atoms with Gasteiger partial charge in [-0.2, -0.15) is 13.2 Å². The van der Waals surface area contributed by atoms with Crippen LogP contribution in [0.3, 0.4) is 0 Å². The number of aliphatic hydroxyl groups is 4. The lowest BCUT2D eigenvalue weighted by atomic mass is 10.0. The van der Waals surface area contributed by atoms with Gasteiger partial charge in [-0.25, -0.2) is 0 Å². The van der Waals surface area contributed by atoms with Crippen molar-refractivity contribution in [3.05, 3.63) is 0 Å². The molecule has 0 aromatic heterocycles. The number of rotatable bonds is 2. The molecule has 1 aliphatic rings. The highest BCUT2D eigenvalue weighted by Gasteiger charge is 2.47. The van der Waals surface area contributed by atoms with Crippen molar-refractivity contribution in [1.82, 2.24) is 5.32 Å². The van der Waals surface area contributed by atoms with Crippen LogP contribution in [-0.4, -0.2) is 68.1 Å². The molecule has 0 spiro atoms. The molecule has 0 radical (unpaired) electrons. The van der Waals surface area contributed by atoms with Gasteiger partial charge in [0.15, 0.2) is 0 Å². The Hall–Kier alpha value is -0.550. The quantitative estimate of drug-likeness (QED) is 0.410. The second kappa shape index (κ2) is 5.61. The molecule has 5 N–H and O–H groups in total. The van der Waals surface area contributed by atoms with E-state index in [4.69, 9.17) is 5.11 Å². The molecule has 1 fully saturated rings. The van der Waals surface area contributed by atoms with Gasteiger partial charge >= 0.3 is 12.1 Å². The van der Waals surface area contributed by atoms with E-state index in [-0.39, 0.29) is 0 Å². The van der Waals surface area contributed by atoms with E-state index in [1.54, 1.807) is 0 Å². The Bertz CT molecular complexity index is 316. The second-order valence-corrected chi connectivity index (χ2v) is 5.09. The number of hydrogen-bond donors (Lipinski definition) is 5. The fourth-order valence-corrected chi connectivity index (χ4v) is 2.65. The second-order valence-electron chi connectivity index (χ2n) is 3.73. The van der Waals surface area contributed by atoms with Crippen molar-refractivity contribution in [2.45, 2.75) is 35.1 Å². The lowest BCUT2D eigenvalue weighted by Crippen LogP contribution is -2.62. The average molecular weight is 291 g/mol. The van der Waals surface area contributed by atoms with Gasteiger partial charge in [-0.3, -0.25) is 4.79 Å². The Labute approximate surface area is 104 Å². The summed E-state index contributed by atoms with van der Waals surface area (Å²) in [5, 5.41) is 37.7. The molecule has 0 bridgehead atoms. The van der Waals surface area contributed by atoms with E-state index >= 15 is 0 Å². The SMILES string of the molecule is O=C(N[C@H]1C(O)SC(CO)[C@@H](O)C1O)C(F)(F)F. The molecule has 1 heterocycles. The van der Waals surface area contributed by atoms with Crippen molar-refractivity contribution in [2.75, 3.05) is 6.61 Å². The zero-order valence-corrected chi connectivity index (χ0v) is 9.65. The normalized spacial score (nSPS) is 37.4. The first-order valence-electron chi connectivity index (χ1n) is 4.86. The molecule has 0 aromatic carbocycles. The zero-order chi connectivity index (χ0) is 14.1. The molecule has 0 aliphatic carbocycles. The van der Waals surface area contributed by atoms with Crippen molar-refractivity contribution in [1.29, 1.82) is 0 Å². The van der Waals surface area contributed by atoms with Crippen LogP contribution in [0.15, 0.2) is 0 Å². The predicted octanol–water partition coefficient (Wildman–Crippen LogP) is -1.82. The van der Waals surface area contributed by atoms with Crippen LogP contribution in [-0.2, 0) is 4.79 Å². The van der Waals surface area contributed by atoms with Gasteiger partial charge in [0, 0.05) is 0 Å². The highest BCUT2D eigenvalue weighted by atomic mass is 32.2. The first-order valence-corrected chi connectivity index (χ1v) is 5.81. The van der Waals surface area contributed by atoms with E-state index in [2.05, 4.69) is 0 Å². The number of carbonyl (C=O) groups is 1. The summed E-state index contributed by atoms with van der Waals surface area (Å²) < 4.78 is 36.0. The van der Waals surface area contributed by atoms with Gasteiger partial charge in [0.05, 0.1) is 24.0 Å². The van der Waals surface area contributed by atoms with Crippen LogP contribution in [0.2, 0.25) is 0 Å². The Morgan fingerprint density at radius 3 is 2.22 bits per heavy atom. The maximum absolute atomic E-state index is 12.0. The van der Waals surface area contributed by atoms with Crippen molar-refractivity contribution >= 4 is 17.7 Å². The lowest BCUT2D eigenvalue weighted by Gasteiger charge is -2.39. The molecule has 1 rings (SSSR count). The molecule has 5 atom stereocenters. The molecule has 18 heavy (non-hydrogen) atoms. The van der Waals surface area contributed by atoms with Crippen molar-refractivity contribution in [2.24, 2.45) is 0 Å². The molecular formula is C8H12F3NO5S. The summed E-state index contributed by atoms with van der Waals surface area (Å²) in [7, 11) is 0. The van der Waals surface area contributed by atoms with Crippen molar-refractivity contribution in [3.8, 4) is 0 Å². The summed E-state index contributed by atoms with van der Waals surface area (Å²) in [6.07, 6.45) is -8.50. The molecule has 1 saturated heterocycles. The van der Waals surface area contributed by atoms with Crippen LogP contribution >= 0.6 is 11.8 Å². The van der Waals surface area contributed by atoms with Crippen LogP contribution in [0.1, 0.15) is 0 Å². The van der Waals surface area contributed by atoms with E-state index in [0.29, 0.717) is 11.8 Å². The number of halogens is 3. The van der Waals surface area contributed by atoms with Crippen LogP contribution in [0.4, 0.5) is 13.2 Å². The van der Waals surface area contributed by atoms with Crippen LogP contribution in [0.5, 0.6) is 0 Å². The molecule has 0 saturated carbocycles. The largest absolute Gasteiger partial charge is 0.471 e. The number of thioether (sulfide) groups is 1. The molecule has 0 aromatic rings. The maximum atomic E-state index is 12.0. The summed E-state index contributed by atoms with van der Waals surface area (Å²) in [6, 6.07) is -1.66. The summed E-state index contributed by atoms with van der Waals surface area (Å²) in [4.78, 5) is 10.7. The van der Waals surface area contributed by atoms with E-state index in [0.717, 1.165) is 0 Å². The van der Waals surface area contributed by atoms with E-state index in [1.165, 1.54) is 5.32 Å². The topological polar surface area (TPSA) is 110 Å². The highest BCUT2D eigenvalue weighted by Crippen LogP contribution is 2.31. The third-order valence-electron chi connectivity index (χ3n) is 2.46. The minimum Gasteiger partial charge on any atom is -0.395 e. The summed E-state index contributed by atoms with van der Waals surface area (Å²) in [5.41, 5.74) is -1.56. The van der Waals surface area contributed by atoms with E-state index < -0.39 is 47.6 Å². The highest BCUT2D eigenvalue weighted by molar-refractivity contribution is 8.00. The number of aliphatic hydroxyl groups excluding tert-OH is 4. The minimum absolute atomic E-state index is 0.570. The summed E-state index contributed by atoms with van der Waals surface area (Å²) in [5.74, 6) is -2.32. The first-order chi connectivity index (χ1) is 8.18. The van der Waals surface area contributed by atoms with Gasteiger partial charge in [-0.15, -0.1) is 11.8 Å². The fourth-order valence-electron chi connectivity index (χ4n) is 1.49. The standard InChI is InChI=1S/C8H12F3NO5S/c9-8(10,11)7(17)12-3-5(15)4(14)2(1-13)18-6(3)16/h2-6,13-16H,1H2,(H,12,17)/t2?,3-,4-,5?,6?/m1/s1. The van der Waals surface area contributed by atoms with Crippen LogP contribution in [0.25, 0.3) is 0 Å². The van der Waals surface area contributed by atoms with Crippen LogP contribution < -0.4 is 5.32 Å². The van der Waals surface area contributed by atoms with E-state index in [1.807, 2.05) is 0 Å². The minimum atomic E-state index is -5.15. The Morgan fingerprint density at radius 1 is 1.22 bits per heavy atom. The third kappa shape index (κ3) is 3.26. The number of alkyl halides is 3. The average Bonchev–Trinajstić information content (AvgIpc) is 2.27. The molecule has 6 nitrogen and oxygen atoms in total. The molecular weight excluding hydrogens is 279 g/mol. The molecule has 3 unspecified atom stereocenters. The summed E-state index contributed by atoms with van der Waals surface area (Å²) in [6.45, 7) is -0.570. The number of hydrogen-bond acceptors (Lipinski definition) is 6. The Morgan fingerprint density at radius 2 is 1.78 bits per heavy atom. The van der Waals surface area contributed by atoms with Gasteiger partial charge in [-0.1, -0.05) is 0 Å². The summed E-state index contributed by atoms with van der Waals surface area (Å²) >= 11 is 0.572. The maximum Gasteiger partial charge on any atom is 0.471 e. The first kappa shape index (κ1) is 15.5. The van der Waals surface area contributed by atoms with Gasteiger partial charge in [0.1, 0.15) is 11.5 Å². The smallest absolute Gasteiger partial charge is 0.395 e. The predicted molar refractivity (Wildman–Crippen MR) is 54.5 cm³/mol. The Kier molecular flexibility index (Phi) is 4.84. The van der Waals surface area contributed by atoms with Gasteiger partial charge < -0.3 is 25.7 Å². The number of nitrogens with one attached hydrogen (secondary N) is 1. The van der Waals surface area contributed by atoms with E-state index in [9.17, 15) is 33.3 Å². The molecule has 106 valence electrons. The molecule has 1 amide bonds. The van der Waals surface area contributed by atoms with Gasteiger partial charge in [0.25, 0.3) is 0 Å². The molecule has 1 aliphatic heterocycles. The lowest BCUT2D eigenvalue weighted by molar-refractivity contribution is -0.176. The van der Waals surface area contributed by atoms with Crippen molar-refractivity contribution in [3.63, 3.8) is 0 Å². The van der Waals surface area contributed by atoms with Gasteiger partial charge in [0.2, 0.25) is 0 Å². The number of amides is 1. The number of carbonyl (C=O) groups excluding carboxylic acids is 1. The van der Waals surface area contributed by atoms with Crippen LogP contribution in [0, 0.1) is 0 Å². The monoisotopic (exact) mass is 291 g/mol. The zero-order valence-electron chi connectivity index (χ0n) is 8.83. The molecule has 10 heteroatoms. The Balaban J connectivity index is 2.74. The fraction of sp³-hybridized carbons (Fsp3) is 0.875.